The monoisotopic (exact) mass is 280 g/mol. The molecule has 3 amide bonds. The summed E-state index contributed by atoms with van der Waals surface area (Å²) in [4.78, 5) is 36.9. The number of para-hydroxylation sites is 1. The number of carbonyl (C=O) groups excluding carboxylic acids is 3. The van der Waals surface area contributed by atoms with Gasteiger partial charge in [0.25, 0.3) is 5.78 Å². The number of rotatable bonds is 1. The molecule has 5 heteroatoms. The van der Waals surface area contributed by atoms with E-state index in [2.05, 4.69) is 5.32 Å². The van der Waals surface area contributed by atoms with Crippen molar-refractivity contribution in [2.45, 2.75) is 6.92 Å². The van der Waals surface area contributed by atoms with Gasteiger partial charge in [-0.2, -0.15) is 0 Å². The van der Waals surface area contributed by atoms with Gasteiger partial charge in [-0.05, 0) is 31.2 Å². The number of Topliss-reactive ketones (excluding diaryl/α,β-unsaturated/α-hetero) is 1. The number of anilines is 2. The van der Waals surface area contributed by atoms with Crippen LogP contribution in [0.3, 0.4) is 0 Å². The smallest absolute Gasteiger partial charge is 0.307 e. The van der Waals surface area contributed by atoms with E-state index in [1.54, 1.807) is 30.3 Å². The first-order valence-corrected chi connectivity index (χ1v) is 6.43. The Hall–Kier alpha value is -2.95. The van der Waals surface area contributed by atoms with E-state index in [1.165, 1.54) is 6.07 Å². The molecule has 1 N–H and O–H groups in total. The standard InChI is InChI=1S/C16H12N2O3/c1-10-6-8-11(9-7-10)17-16(21)18-13-5-3-2-4-12(13)14(19)15(18)20/h2-9H,1H3,(H,17,21). The van der Waals surface area contributed by atoms with Crippen LogP contribution in [0.1, 0.15) is 15.9 Å². The van der Waals surface area contributed by atoms with Crippen molar-refractivity contribution in [3.8, 4) is 0 Å². The number of imide groups is 1. The van der Waals surface area contributed by atoms with Crippen molar-refractivity contribution in [2.24, 2.45) is 0 Å². The van der Waals surface area contributed by atoms with Gasteiger partial charge in [-0.3, -0.25) is 9.59 Å². The Bertz CT molecular complexity index is 750. The van der Waals surface area contributed by atoms with Crippen molar-refractivity contribution in [1.82, 2.24) is 0 Å². The minimum absolute atomic E-state index is 0.251. The van der Waals surface area contributed by atoms with Crippen LogP contribution < -0.4 is 10.2 Å². The van der Waals surface area contributed by atoms with Crippen molar-refractivity contribution < 1.29 is 14.4 Å². The van der Waals surface area contributed by atoms with Crippen LogP contribution in [-0.2, 0) is 4.79 Å². The molecule has 2 aromatic carbocycles. The van der Waals surface area contributed by atoms with Gasteiger partial charge in [0.15, 0.2) is 0 Å². The first-order valence-electron chi connectivity index (χ1n) is 6.43. The first kappa shape index (κ1) is 13.1. The van der Waals surface area contributed by atoms with Crippen molar-refractivity contribution in [3.05, 3.63) is 59.7 Å². The van der Waals surface area contributed by atoms with E-state index < -0.39 is 17.7 Å². The lowest BCUT2D eigenvalue weighted by molar-refractivity contribution is -0.113. The van der Waals surface area contributed by atoms with E-state index in [0.717, 1.165) is 10.5 Å². The lowest BCUT2D eigenvalue weighted by Crippen LogP contribution is -2.39. The summed E-state index contributed by atoms with van der Waals surface area (Å²) in [6.07, 6.45) is 0. The number of fused-ring (bicyclic) bond motifs is 1. The normalized spacial score (nSPS) is 13.3. The highest BCUT2D eigenvalue weighted by Gasteiger charge is 2.39. The highest BCUT2D eigenvalue weighted by atomic mass is 16.2. The SMILES string of the molecule is Cc1ccc(NC(=O)N2C(=O)C(=O)c3ccccc32)cc1. The summed E-state index contributed by atoms with van der Waals surface area (Å²) < 4.78 is 0. The molecule has 0 saturated heterocycles. The van der Waals surface area contributed by atoms with E-state index in [9.17, 15) is 14.4 Å². The summed E-state index contributed by atoms with van der Waals surface area (Å²) in [5.74, 6) is -1.49. The van der Waals surface area contributed by atoms with E-state index in [1.807, 2.05) is 19.1 Å². The number of urea groups is 1. The Balaban J connectivity index is 1.90. The second kappa shape index (κ2) is 4.86. The van der Waals surface area contributed by atoms with Gasteiger partial charge in [-0.15, -0.1) is 0 Å². The van der Waals surface area contributed by atoms with Gasteiger partial charge in [0.2, 0.25) is 0 Å². The average Bonchev–Trinajstić information content (AvgIpc) is 2.74. The minimum Gasteiger partial charge on any atom is -0.307 e. The zero-order valence-corrected chi connectivity index (χ0v) is 11.3. The molecule has 0 aliphatic carbocycles. The van der Waals surface area contributed by atoms with Crippen LogP contribution in [0.25, 0.3) is 0 Å². The molecular formula is C16H12N2O3. The predicted octanol–water partition coefficient (Wildman–Crippen LogP) is 2.76. The maximum absolute atomic E-state index is 12.3. The van der Waals surface area contributed by atoms with Gasteiger partial charge in [0.05, 0.1) is 11.3 Å². The number of benzene rings is 2. The molecule has 1 aliphatic heterocycles. The molecule has 0 fully saturated rings. The number of ketones is 1. The second-order valence-corrected chi connectivity index (χ2v) is 4.78. The molecule has 1 heterocycles. The van der Waals surface area contributed by atoms with E-state index in [4.69, 9.17) is 0 Å². The number of aryl methyl sites for hydroxylation is 1. The van der Waals surface area contributed by atoms with E-state index >= 15 is 0 Å². The second-order valence-electron chi connectivity index (χ2n) is 4.78. The third-order valence-corrected chi connectivity index (χ3v) is 3.29. The van der Waals surface area contributed by atoms with Crippen LogP contribution in [0.15, 0.2) is 48.5 Å². The molecule has 0 unspecified atom stereocenters. The largest absolute Gasteiger partial charge is 0.333 e. The summed E-state index contributed by atoms with van der Waals surface area (Å²) in [5, 5.41) is 2.62. The summed E-state index contributed by atoms with van der Waals surface area (Å²) >= 11 is 0. The number of carbonyl (C=O) groups is 3. The molecule has 0 spiro atoms. The van der Waals surface area contributed by atoms with Crippen molar-refractivity contribution in [3.63, 3.8) is 0 Å². The number of nitrogens with one attached hydrogen (secondary N) is 1. The quantitative estimate of drug-likeness (QED) is 0.817. The molecule has 21 heavy (non-hydrogen) atoms. The molecule has 0 atom stereocenters. The van der Waals surface area contributed by atoms with Crippen LogP contribution in [0.5, 0.6) is 0 Å². The maximum atomic E-state index is 12.3. The molecule has 5 nitrogen and oxygen atoms in total. The van der Waals surface area contributed by atoms with Crippen LogP contribution in [0, 0.1) is 6.92 Å². The Labute approximate surface area is 121 Å². The van der Waals surface area contributed by atoms with Gasteiger partial charge in [-0.25, -0.2) is 9.69 Å². The fraction of sp³-hybridized carbons (Fsp3) is 0.0625. The Kier molecular flexibility index (Phi) is 3.02. The number of hydrogen-bond donors (Lipinski definition) is 1. The molecule has 0 aromatic heterocycles. The summed E-state index contributed by atoms with van der Waals surface area (Å²) in [6, 6.07) is 13.0. The Morgan fingerprint density at radius 1 is 1.00 bits per heavy atom. The maximum Gasteiger partial charge on any atom is 0.333 e. The molecule has 0 saturated carbocycles. The highest BCUT2D eigenvalue weighted by molar-refractivity contribution is 6.56. The lowest BCUT2D eigenvalue weighted by atomic mass is 10.1. The van der Waals surface area contributed by atoms with Gasteiger partial charge in [0, 0.05) is 5.69 Å². The molecule has 1 aliphatic rings. The van der Waals surface area contributed by atoms with Crippen LogP contribution >= 0.6 is 0 Å². The van der Waals surface area contributed by atoms with Gasteiger partial charge in [0.1, 0.15) is 0 Å². The van der Waals surface area contributed by atoms with E-state index in [0.29, 0.717) is 11.4 Å². The zero-order chi connectivity index (χ0) is 15.0. The summed E-state index contributed by atoms with van der Waals surface area (Å²) in [6.45, 7) is 1.94. The van der Waals surface area contributed by atoms with E-state index in [-0.39, 0.29) is 5.56 Å². The molecule has 2 aromatic rings. The predicted molar refractivity (Wildman–Crippen MR) is 78.5 cm³/mol. The summed E-state index contributed by atoms with van der Waals surface area (Å²) in [5.41, 5.74) is 2.19. The van der Waals surface area contributed by atoms with Crippen LogP contribution in [0.4, 0.5) is 16.2 Å². The highest BCUT2D eigenvalue weighted by Crippen LogP contribution is 2.29. The third kappa shape index (κ3) is 2.18. The van der Waals surface area contributed by atoms with Crippen molar-refractivity contribution in [2.75, 3.05) is 10.2 Å². The molecule has 104 valence electrons. The van der Waals surface area contributed by atoms with Crippen molar-refractivity contribution >= 4 is 29.1 Å². The zero-order valence-electron chi connectivity index (χ0n) is 11.3. The average molecular weight is 280 g/mol. The third-order valence-electron chi connectivity index (χ3n) is 3.29. The summed E-state index contributed by atoms with van der Waals surface area (Å²) in [7, 11) is 0. The molecule has 3 rings (SSSR count). The molecule has 0 radical (unpaired) electrons. The van der Waals surface area contributed by atoms with Crippen LogP contribution in [-0.4, -0.2) is 17.7 Å². The Morgan fingerprint density at radius 3 is 2.38 bits per heavy atom. The molecule has 0 bridgehead atoms. The fourth-order valence-electron chi connectivity index (χ4n) is 2.20. The fourth-order valence-corrected chi connectivity index (χ4v) is 2.20. The Morgan fingerprint density at radius 2 is 1.67 bits per heavy atom. The topological polar surface area (TPSA) is 66.5 Å². The lowest BCUT2D eigenvalue weighted by Gasteiger charge is -2.15. The minimum atomic E-state index is -0.833. The van der Waals surface area contributed by atoms with Gasteiger partial charge >= 0.3 is 11.9 Å². The number of amides is 3. The first-order chi connectivity index (χ1) is 10.1. The van der Waals surface area contributed by atoms with Crippen LogP contribution in [0.2, 0.25) is 0 Å². The van der Waals surface area contributed by atoms with Crippen molar-refractivity contribution in [1.29, 1.82) is 0 Å². The van der Waals surface area contributed by atoms with Gasteiger partial charge < -0.3 is 5.32 Å². The number of hydrogen-bond acceptors (Lipinski definition) is 3. The van der Waals surface area contributed by atoms with Gasteiger partial charge in [-0.1, -0.05) is 29.8 Å². The molecular weight excluding hydrogens is 268 g/mol. The number of nitrogens with zero attached hydrogens (tertiary/aromatic N) is 1.